The number of hydrogen-bond acceptors (Lipinski definition) is 5. The van der Waals surface area contributed by atoms with Gasteiger partial charge in [0, 0.05) is 20.6 Å². The molecule has 0 saturated heterocycles. The molecule has 0 bridgehead atoms. The van der Waals surface area contributed by atoms with E-state index in [9.17, 15) is 14.7 Å². The second-order valence-electron chi connectivity index (χ2n) is 7.57. The lowest BCUT2D eigenvalue weighted by atomic mass is 10.0. The Bertz CT molecular complexity index is 1390. The molecule has 0 aliphatic carbocycles. The molecule has 2 aromatic heterocycles. The van der Waals surface area contributed by atoms with Gasteiger partial charge in [0.1, 0.15) is 0 Å². The van der Waals surface area contributed by atoms with Crippen molar-refractivity contribution in [3.05, 3.63) is 87.1 Å². The van der Waals surface area contributed by atoms with Gasteiger partial charge < -0.3 is 10.4 Å². The molecule has 0 radical (unpaired) electrons. The summed E-state index contributed by atoms with van der Waals surface area (Å²) in [7, 11) is 3.04. The van der Waals surface area contributed by atoms with Crippen molar-refractivity contribution in [2.24, 2.45) is 14.1 Å². The van der Waals surface area contributed by atoms with Crippen LogP contribution < -0.4 is 16.6 Å². The molecule has 0 fully saturated rings. The molecule has 164 valence electrons. The van der Waals surface area contributed by atoms with E-state index in [0.717, 1.165) is 26.8 Å². The number of aryl methyl sites for hydroxylation is 1. The van der Waals surface area contributed by atoms with Crippen molar-refractivity contribution in [2.75, 3.05) is 18.5 Å². The second kappa shape index (κ2) is 8.68. The molecule has 2 N–H and O–H groups in total. The number of fused-ring (bicyclic) bond motifs is 1. The molecular formula is C24H25N5O3. The monoisotopic (exact) mass is 431 g/mol. The Morgan fingerprint density at radius 3 is 2.22 bits per heavy atom. The predicted molar refractivity (Wildman–Crippen MR) is 127 cm³/mol. The minimum atomic E-state index is -0.437. The highest BCUT2D eigenvalue weighted by molar-refractivity contribution is 5.74. The summed E-state index contributed by atoms with van der Waals surface area (Å²) in [5.41, 5.74) is 4.01. The number of aromatic nitrogens is 4. The Morgan fingerprint density at radius 2 is 1.62 bits per heavy atom. The van der Waals surface area contributed by atoms with Crippen LogP contribution in [0.2, 0.25) is 0 Å². The topological polar surface area (TPSA) is 94.1 Å². The Balaban J connectivity index is 1.75. The summed E-state index contributed by atoms with van der Waals surface area (Å²) in [5.74, 6) is 0.427. The fourth-order valence-corrected chi connectivity index (χ4v) is 3.70. The molecule has 0 unspecified atom stereocenters. The van der Waals surface area contributed by atoms with Crippen LogP contribution in [0.3, 0.4) is 0 Å². The van der Waals surface area contributed by atoms with Crippen molar-refractivity contribution in [3.63, 3.8) is 0 Å². The van der Waals surface area contributed by atoms with Gasteiger partial charge in [0.05, 0.1) is 13.2 Å². The molecule has 2 heterocycles. The van der Waals surface area contributed by atoms with Crippen LogP contribution in [0.25, 0.3) is 28.4 Å². The van der Waals surface area contributed by atoms with E-state index in [4.69, 9.17) is 0 Å². The van der Waals surface area contributed by atoms with Crippen LogP contribution in [0.5, 0.6) is 0 Å². The number of anilines is 1. The van der Waals surface area contributed by atoms with Gasteiger partial charge in [-0.1, -0.05) is 61.2 Å². The van der Waals surface area contributed by atoms with Crippen molar-refractivity contribution >= 4 is 23.2 Å². The number of aliphatic hydroxyl groups is 1. The van der Waals surface area contributed by atoms with Gasteiger partial charge in [-0.05, 0) is 22.3 Å². The number of aliphatic hydroxyl groups excluding tert-OH is 1. The highest BCUT2D eigenvalue weighted by Crippen LogP contribution is 2.23. The summed E-state index contributed by atoms with van der Waals surface area (Å²) < 4.78 is 4.18. The van der Waals surface area contributed by atoms with Crippen LogP contribution in [0.1, 0.15) is 11.1 Å². The van der Waals surface area contributed by atoms with Gasteiger partial charge in [-0.3, -0.25) is 18.5 Å². The molecule has 0 atom stereocenters. The molecule has 0 aliphatic heterocycles. The molecule has 32 heavy (non-hydrogen) atoms. The van der Waals surface area contributed by atoms with Crippen molar-refractivity contribution in [1.29, 1.82) is 0 Å². The van der Waals surface area contributed by atoms with E-state index in [-0.39, 0.29) is 13.2 Å². The van der Waals surface area contributed by atoms with Crippen LogP contribution in [0.4, 0.5) is 5.95 Å². The van der Waals surface area contributed by atoms with Crippen molar-refractivity contribution in [2.45, 2.75) is 6.54 Å². The first-order valence-corrected chi connectivity index (χ1v) is 10.3. The zero-order valence-electron chi connectivity index (χ0n) is 18.1. The maximum Gasteiger partial charge on any atom is 0.332 e. The Morgan fingerprint density at radius 1 is 1.00 bits per heavy atom. The van der Waals surface area contributed by atoms with Crippen LogP contribution in [0.15, 0.2) is 64.7 Å². The predicted octanol–water partition coefficient (Wildman–Crippen LogP) is 2.20. The van der Waals surface area contributed by atoms with E-state index >= 15 is 0 Å². The highest BCUT2D eigenvalue weighted by Gasteiger charge is 2.19. The maximum atomic E-state index is 12.9. The third-order valence-electron chi connectivity index (χ3n) is 5.52. The number of imidazole rings is 1. The van der Waals surface area contributed by atoms with Crippen LogP contribution in [-0.4, -0.2) is 36.9 Å². The lowest BCUT2D eigenvalue weighted by Gasteiger charge is -2.11. The molecule has 8 nitrogen and oxygen atoms in total. The summed E-state index contributed by atoms with van der Waals surface area (Å²) in [4.78, 5) is 29.7. The average molecular weight is 431 g/mol. The van der Waals surface area contributed by atoms with Crippen LogP contribution >= 0.6 is 0 Å². The van der Waals surface area contributed by atoms with Gasteiger partial charge in [0.15, 0.2) is 11.2 Å². The van der Waals surface area contributed by atoms with E-state index in [0.29, 0.717) is 23.7 Å². The van der Waals surface area contributed by atoms with E-state index in [1.54, 1.807) is 11.6 Å². The average Bonchev–Trinajstić information content (AvgIpc) is 3.18. The van der Waals surface area contributed by atoms with Gasteiger partial charge in [0.2, 0.25) is 5.95 Å². The van der Waals surface area contributed by atoms with Crippen LogP contribution in [-0.2, 0) is 20.6 Å². The minimum absolute atomic E-state index is 0.0838. The zero-order chi connectivity index (χ0) is 22.8. The second-order valence-corrected chi connectivity index (χ2v) is 7.57. The molecule has 0 aliphatic rings. The molecule has 8 heteroatoms. The summed E-state index contributed by atoms with van der Waals surface area (Å²) in [5, 5.41) is 12.3. The number of hydrogen-bond donors (Lipinski definition) is 2. The van der Waals surface area contributed by atoms with Crippen LogP contribution in [0, 0.1) is 0 Å². The molecule has 0 amide bonds. The summed E-state index contributed by atoms with van der Waals surface area (Å²) >= 11 is 0. The lowest BCUT2D eigenvalue weighted by molar-refractivity contribution is 0.310. The number of rotatable bonds is 7. The van der Waals surface area contributed by atoms with E-state index < -0.39 is 11.2 Å². The van der Waals surface area contributed by atoms with Gasteiger partial charge in [-0.2, -0.15) is 4.98 Å². The molecule has 4 aromatic rings. The molecule has 4 rings (SSSR count). The smallest absolute Gasteiger partial charge is 0.332 e. The van der Waals surface area contributed by atoms with Gasteiger partial charge in [0.25, 0.3) is 5.56 Å². The Labute approximate surface area is 184 Å². The fraction of sp³-hybridized carbons (Fsp3) is 0.208. The van der Waals surface area contributed by atoms with E-state index in [1.165, 1.54) is 11.6 Å². The highest BCUT2D eigenvalue weighted by atomic mass is 16.3. The largest absolute Gasteiger partial charge is 0.395 e. The SMILES string of the molecule is C=Cc1ccc(-c2ccc(Cn3c(NCCO)nc4c3c(=O)n(C)c(=O)n4C)cc2)cc1. The standard InChI is InChI=1S/C24H25N5O3/c1-4-16-5-9-18(10-6-16)19-11-7-17(8-12-19)15-29-20-21(26-23(29)25-13-14-30)27(2)24(32)28(3)22(20)31/h4-12,30H,1,13-15H2,2-3H3,(H,25,26). The third kappa shape index (κ3) is 3.76. The lowest BCUT2D eigenvalue weighted by Crippen LogP contribution is -2.37. The third-order valence-corrected chi connectivity index (χ3v) is 5.52. The van der Waals surface area contributed by atoms with Gasteiger partial charge in [-0.15, -0.1) is 0 Å². The molecule has 0 saturated carbocycles. The number of nitrogens with one attached hydrogen (secondary N) is 1. The maximum absolute atomic E-state index is 12.9. The number of nitrogens with zero attached hydrogens (tertiary/aromatic N) is 4. The quantitative estimate of drug-likeness (QED) is 0.468. The zero-order valence-corrected chi connectivity index (χ0v) is 18.1. The van der Waals surface area contributed by atoms with Gasteiger partial charge >= 0.3 is 5.69 Å². The van der Waals surface area contributed by atoms with E-state index in [1.807, 2.05) is 42.5 Å². The van der Waals surface area contributed by atoms with Crippen molar-refractivity contribution < 1.29 is 5.11 Å². The molecule has 2 aromatic carbocycles. The van der Waals surface area contributed by atoms with Crippen molar-refractivity contribution in [3.8, 4) is 11.1 Å². The first-order valence-electron chi connectivity index (χ1n) is 10.3. The summed E-state index contributed by atoms with van der Waals surface area (Å²) in [6, 6.07) is 16.2. The Kier molecular flexibility index (Phi) is 5.79. The minimum Gasteiger partial charge on any atom is -0.395 e. The van der Waals surface area contributed by atoms with Crippen molar-refractivity contribution in [1.82, 2.24) is 18.7 Å². The van der Waals surface area contributed by atoms with Gasteiger partial charge in [-0.25, -0.2) is 4.79 Å². The molecule has 0 spiro atoms. The first-order chi connectivity index (χ1) is 15.4. The summed E-state index contributed by atoms with van der Waals surface area (Å²) in [6.45, 7) is 4.35. The van der Waals surface area contributed by atoms with E-state index in [2.05, 4.69) is 29.0 Å². The number of benzene rings is 2. The normalized spacial score (nSPS) is 11.1. The first kappa shape index (κ1) is 21.3. The fourth-order valence-electron chi connectivity index (χ4n) is 3.70. The molecular weight excluding hydrogens is 406 g/mol. The summed E-state index contributed by atoms with van der Waals surface area (Å²) in [6.07, 6.45) is 1.81. The Hall–Kier alpha value is -3.91.